The lowest BCUT2D eigenvalue weighted by atomic mass is 9.92. The van der Waals surface area contributed by atoms with Crippen molar-refractivity contribution in [3.05, 3.63) is 71.8 Å². The summed E-state index contributed by atoms with van der Waals surface area (Å²) in [6, 6.07) is 22.7. The van der Waals surface area contributed by atoms with E-state index in [4.69, 9.17) is 0 Å². The molecule has 0 amide bonds. The Morgan fingerprint density at radius 1 is 0.960 bits per heavy atom. The van der Waals surface area contributed by atoms with Crippen molar-refractivity contribution < 1.29 is 5.11 Å². The fourth-order valence-electron chi connectivity index (χ4n) is 4.22. The molecule has 4 heteroatoms. The molecule has 2 N–H and O–H groups in total. The highest BCUT2D eigenvalue weighted by Crippen LogP contribution is 2.34. The Balaban J connectivity index is 1.51. The van der Waals surface area contributed by atoms with Crippen LogP contribution in [0.1, 0.15) is 17.2 Å². The average Bonchev–Trinajstić information content (AvgIpc) is 2.66. The van der Waals surface area contributed by atoms with E-state index >= 15 is 0 Å². The Morgan fingerprint density at radius 3 is 2.12 bits per heavy atom. The number of rotatable bonds is 5. The van der Waals surface area contributed by atoms with Crippen molar-refractivity contribution >= 4 is 0 Å². The molecule has 0 aromatic heterocycles. The molecule has 2 aromatic carbocycles. The Kier molecular flexibility index (Phi) is 5.13. The summed E-state index contributed by atoms with van der Waals surface area (Å²) in [6.07, 6.45) is 0. The predicted octanol–water partition coefficient (Wildman–Crippen LogP) is 1.73. The van der Waals surface area contributed by atoms with E-state index in [-0.39, 0.29) is 12.6 Å². The van der Waals surface area contributed by atoms with Crippen LogP contribution in [0.4, 0.5) is 0 Å². The maximum Gasteiger partial charge on any atom is 0.0602 e. The van der Waals surface area contributed by atoms with Gasteiger partial charge in [0.25, 0.3) is 0 Å². The zero-order valence-electron chi connectivity index (χ0n) is 14.6. The second kappa shape index (κ2) is 7.67. The van der Waals surface area contributed by atoms with Crippen LogP contribution in [-0.2, 0) is 0 Å². The standard InChI is InChI=1S/C21H27N3O/c25-16-19-13-22-11-12-24(19)20-14-23(15-20)21(17-7-3-1-4-8-17)18-9-5-2-6-10-18/h1-10,19-22,25H,11-16H2. The minimum atomic E-state index is 0.240. The van der Waals surface area contributed by atoms with E-state index in [2.05, 4.69) is 75.8 Å². The van der Waals surface area contributed by atoms with E-state index in [0.717, 1.165) is 32.7 Å². The van der Waals surface area contributed by atoms with E-state index in [1.807, 2.05) is 0 Å². The van der Waals surface area contributed by atoms with Crippen molar-refractivity contribution in [2.45, 2.75) is 18.1 Å². The summed E-state index contributed by atoms with van der Waals surface area (Å²) >= 11 is 0. The highest BCUT2D eigenvalue weighted by atomic mass is 16.3. The average molecular weight is 337 g/mol. The zero-order valence-corrected chi connectivity index (χ0v) is 14.6. The van der Waals surface area contributed by atoms with Crippen LogP contribution < -0.4 is 5.32 Å². The maximum absolute atomic E-state index is 9.67. The van der Waals surface area contributed by atoms with Crippen molar-refractivity contribution in [3.8, 4) is 0 Å². The van der Waals surface area contributed by atoms with Gasteiger partial charge in [-0.05, 0) is 11.1 Å². The van der Waals surface area contributed by atoms with Gasteiger partial charge in [-0.25, -0.2) is 0 Å². The number of aliphatic hydroxyl groups excluding tert-OH is 1. The highest BCUT2D eigenvalue weighted by Gasteiger charge is 2.39. The molecule has 0 aliphatic carbocycles. The summed E-state index contributed by atoms with van der Waals surface area (Å²) in [4.78, 5) is 5.06. The fraction of sp³-hybridized carbons (Fsp3) is 0.429. The molecule has 0 radical (unpaired) electrons. The SMILES string of the molecule is OCC1CNCCN1C1CN(C(c2ccccc2)c2ccccc2)C1. The molecule has 2 aliphatic heterocycles. The minimum absolute atomic E-state index is 0.240. The van der Waals surface area contributed by atoms with Crippen LogP contribution in [0.5, 0.6) is 0 Å². The van der Waals surface area contributed by atoms with Gasteiger partial charge in [-0.1, -0.05) is 60.7 Å². The van der Waals surface area contributed by atoms with Crippen LogP contribution in [0.15, 0.2) is 60.7 Å². The molecule has 1 unspecified atom stereocenters. The predicted molar refractivity (Wildman–Crippen MR) is 101 cm³/mol. The number of likely N-dealkylation sites (tertiary alicyclic amines) is 1. The smallest absolute Gasteiger partial charge is 0.0602 e. The normalized spacial score (nSPS) is 22.9. The molecule has 1 atom stereocenters. The molecule has 0 bridgehead atoms. The third-order valence-electron chi connectivity index (χ3n) is 5.56. The van der Waals surface area contributed by atoms with Gasteiger partial charge in [0.2, 0.25) is 0 Å². The second-order valence-electron chi connectivity index (χ2n) is 7.11. The first kappa shape index (κ1) is 16.7. The van der Waals surface area contributed by atoms with Gasteiger partial charge < -0.3 is 10.4 Å². The van der Waals surface area contributed by atoms with Crippen LogP contribution in [-0.4, -0.2) is 66.3 Å². The first-order chi connectivity index (χ1) is 12.4. The Labute approximate surface area is 150 Å². The summed E-state index contributed by atoms with van der Waals surface area (Å²) in [5.74, 6) is 0. The van der Waals surface area contributed by atoms with E-state index in [1.54, 1.807) is 0 Å². The van der Waals surface area contributed by atoms with E-state index in [9.17, 15) is 5.11 Å². The van der Waals surface area contributed by atoms with Gasteiger partial charge in [0.05, 0.1) is 12.6 Å². The molecule has 25 heavy (non-hydrogen) atoms. The van der Waals surface area contributed by atoms with Crippen LogP contribution in [0.25, 0.3) is 0 Å². The van der Waals surface area contributed by atoms with Gasteiger partial charge in [0, 0.05) is 44.8 Å². The number of hydrogen-bond donors (Lipinski definition) is 2. The largest absolute Gasteiger partial charge is 0.395 e. The van der Waals surface area contributed by atoms with E-state index in [0.29, 0.717) is 12.1 Å². The Hall–Kier alpha value is -1.72. The van der Waals surface area contributed by atoms with Gasteiger partial charge in [0.1, 0.15) is 0 Å². The molecule has 2 aromatic rings. The molecule has 2 fully saturated rings. The van der Waals surface area contributed by atoms with Gasteiger partial charge in [-0.2, -0.15) is 0 Å². The summed E-state index contributed by atoms with van der Waals surface area (Å²) < 4.78 is 0. The van der Waals surface area contributed by atoms with Crippen molar-refractivity contribution in [1.29, 1.82) is 0 Å². The van der Waals surface area contributed by atoms with Crippen molar-refractivity contribution in [2.75, 3.05) is 39.3 Å². The molecular weight excluding hydrogens is 310 g/mol. The third kappa shape index (κ3) is 3.48. The number of aliphatic hydroxyl groups is 1. The van der Waals surface area contributed by atoms with Crippen molar-refractivity contribution in [1.82, 2.24) is 15.1 Å². The van der Waals surface area contributed by atoms with E-state index in [1.165, 1.54) is 11.1 Å². The van der Waals surface area contributed by atoms with Crippen LogP contribution in [0, 0.1) is 0 Å². The van der Waals surface area contributed by atoms with Gasteiger partial charge >= 0.3 is 0 Å². The third-order valence-corrected chi connectivity index (χ3v) is 5.56. The van der Waals surface area contributed by atoms with Gasteiger partial charge in [-0.15, -0.1) is 0 Å². The first-order valence-corrected chi connectivity index (χ1v) is 9.28. The second-order valence-corrected chi connectivity index (χ2v) is 7.11. The zero-order chi connectivity index (χ0) is 17.1. The quantitative estimate of drug-likeness (QED) is 0.872. The Morgan fingerprint density at radius 2 is 1.56 bits per heavy atom. The summed E-state index contributed by atoms with van der Waals surface area (Å²) in [5, 5.41) is 13.1. The topological polar surface area (TPSA) is 38.7 Å². The van der Waals surface area contributed by atoms with E-state index < -0.39 is 0 Å². The van der Waals surface area contributed by atoms with Gasteiger partial charge in [0.15, 0.2) is 0 Å². The number of hydrogen-bond acceptors (Lipinski definition) is 4. The number of nitrogens with one attached hydrogen (secondary N) is 1. The molecule has 0 saturated carbocycles. The minimum Gasteiger partial charge on any atom is -0.395 e. The van der Waals surface area contributed by atoms with Crippen LogP contribution >= 0.6 is 0 Å². The summed E-state index contributed by atoms with van der Waals surface area (Å²) in [6.45, 7) is 5.31. The Bertz CT molecular complexity index is 618. The fourth-order valence-corrected chi connectivity index (χ4v) is 4.22. The number of benzene rings is 2. The van der Waals surface area contributed by atoms with Crippen LogP contribution in [0.3, 0.4) is 0 Å². The summed E-state index contributed by atoms with van der Waals surface area (Å²) in [7, 11) is 0. The van der Waals surface area contributed by atoms with Gasteiger partial charge in [-0.3, -0.25) is 9.80 Å². The lowest BCUT2D eigenvalue weighted by Gasteiger charge is -2.52. The molecule has 4 nitrogen and oxygen atoms in total. The molecule has 0 spiro atoms. The molecule has 4 rings (SSSR count). The number of nitrogens with zero attached hydrogens (tertiary/aromatic N) is 2. The molecule has 2 aliphatic rings. The number of piperazine rings is 1. The van der Waals surface area contributed by atoms with Crippen LogP contribution in [0.2, 0.25) is 0 Å². The first-order valence-electron chi connectivity index (χ1n) is 9.28. The maximum atomic E-state index is 9.67. The summed E-state index contributed by atoms with van der Waals surface area (Å²) in [5.41, 5.74) is 2.71. The van der Waals surface area contributed by atoms with Crippen molar-refractivity contribution in [2.24, 2.45) is 0 Å². The molecule has 2 heterocycles. The molecular formula is C21H27N3O. The monoisotopic (exact) mass is 337 g/mol. The molecule has 132 valence electrons. The lowest BCUT2D eigenvalue weighted by molar-refractivity contribution is -0.0292. The highest BCUT2D eigenvalue weighted by molar-refractivity contribution is 5.32. The lowest BCUT2D eigenvalue weighted by Crippen LogP contribution is -2.66. The molecule has 2 saturated heterocycles. The van der Waals surface area contributed by atoms with Crippen molar-refractivity contribution in [3.63, 3.8) is 0 Å².